The van der Waals surface area contributed by atoms with Gasteiger partial charge in [-0.25, -0.2) is 9.67 Å². The van der Waals surface area contributed by atoms with Crippen molar-refractivity contribution < 1.29 is 9.53 Å². The maximum atomic E-state index is 12.7. The molecule has 2 fully saturated rings. The first-order chi connectivity index (χ1) is 16.5. The minimum Gasteiger partial charge on any atom is -0.379 e. The summed E-state index contributed by atoms with van der Waals surface area (Å²) < 4.78 is 7.86. The molecule has 0 spiro atoms. The molecule has 0 radical (unpaired) electrons. The lowest BCUT2D eigenvalue weighted by Gasteiger charge is -2.44. The second kappa shape index (κ2) is 8.28. The zero-order valence-electron chi connectivity index (χ0n) is 18.7. The summed E-state index contributed by atoms with van der Waals surface area (Å²) in [4.78, 5) is 26.4. The molecule has 1 saturated carbocycles. The lowest BCUT2D eigenvalue weighted by atomic mass is 9.66. The molecule has 6 rings (SSSR count). The van der Waals surface area contributed by atoms with Gasteiger partial charge in [0.15, 0.2) is 5.65 Å². The van der Waals surface area contributed by atoms with Crippen LogP contribution in [0.4, 0.5) is 5.95 Å². The maximum absolute atomic E-state index is 12.7. The first-order valence-electron chi connectivity index (χ1n) is 11.4. The van der Waals surface area contributed by atoms with Crippen molar-refractivity contribution in [3.8, 4) is 5.69 Å². The number of pyridine rings is 1. The van der Waals surface area contributed by atoms with Crippen molar-refractivity contribution in [2.24, 2.45) is 5.41 Å². The van der Waals surface area contributed by atoms with E-state index in [2.05, 4.69) is 41.6 Å². The van der Waals surface area contributed by atoms with Crippen molar-refractivity contribution in [3.63, 3.8) is 0 Å². The van der Waals surface area contributed by atoms with Crippen molar-refractivity contribution >= 4 is 49.7 Å². The smallest absolute Gasteiger partial charge is 0.226 e. The first kappa shape index (κ1) is 21.4. The Kier molecular flexibility index (Phi) is 5.22. The van der Waals surface area contributed by atoms with Gasteiger partial charge >= 0.3 is 0 Å². The van der Waals surface area contributed by atoms with Gasteiger partial charge in [0.2, 0.25) is 11.9 Å². The number of rotatable bonds is 5. The van der Waals surface area contributed by atoms with Crippen LogP contribution in [-0.2, 0) is 9.53 Å². The van der Waals surface area contributed by atoms with Gasteiger partial charge in [0, 0.05) is 30.4 Å². The highest BCUT2D eigenvalue weighted by Gasteiger charge is 2.47. The normalized spacial score (nSPS) is 24.3. The van der Waals surface area contributed by atoms with Crippen molar-refractivity contribution in [1.82, 2.24) is 30.0 Å². The summed E-state index contributed by atoms with van der Waals surface area (Å²) in [6, 6.07) is 10.2. The van der Waals surface area contributed by atoms with Crippen LogP contribution in [0.25, 0.3) is 27.6 Å². The second-order valence-corrected chi connectivity index (χ2v) is 10.1. The number of nitrogens with one attached hydrogen (secondary N) is 2. The number of fused-ring (bicyclic) bond motifs is 2. The summed E-state index contributed by atoms with van der Waals surface area (Å²) in [6.45, 7) is 3.34. The number of halogens is 1. The monoisotopic (exact) mass is 521 g/mol. The molecule has 1 amide bonds. The number of anilines is 1. The Labute approximate surface area is 204 Å². The quantitative estimate of drug-likeness (QED) is 0.413. The van der Waals surface area contributed by atoms with Crippen LogP contribution in [0.2, 0.25) is 0 Å². The van der Waals surface area contributed by atoms with Gasteiger partial charge < -0.3 is 15.4 Å². The Bertz CT molecular complexity index is 1390. The standard InChI is InChI=1S/C24H24BrN7O2/c1-24(22(33)28-15-6-8-34-13-15)10-16(11-24)29-23-27-12-18-20(25)31-32(21(18)30-23)17-4-5-19-14(9-17)3-2-7-26-19/h2-5,7,9,12,15-16H,6,8,10-11,13H2,1H3,(H,28,33)(H,27,29,30)/t15-,16-,24-/m1/s1. The van der Waals surface area contributed by atoms with Gasteiger partial charge in [-0.1, -0.05) is 13.0 Å². The van der Waals surface area contributed by atoms with E-state index in [-0.39, 0.29) is 23.4 Å². The Balaban J connectivity index is 1.21. The fourth-order valence-electron chi connectivity index (χ4n) is 4.82. The third kappa shape index (κ3) is 3.80. The van der Waals surface area contributed by atoms with Gasteiger partial charge in [0.25, 0.3) is 0 Å². The van der Waals surface area contributed by atoms with E-state index < -0.39 is 0 Å². The maximum Gasteiger partial charge on any atom is 0.226 e. The van der Waals surface area contributed by atoms with Gasteiger partial charge in [-0.3, -0.25) is 9.78 Å². The van der Waals surface area contributed by atoms with E-state index in [0.29, 0.717) is 29.4 Å². The van der Waals surface area contributed by atoms with Gasteiger partial charge in [-0.15, -0.1) is 0 Å². The fourth-order valence-corrected chi connectivity index (χ4v) is 5.26. The molecule has 3 aromatic heterocycles. The molecule has 174 valence electrons. The lowest BCUT2D eigenvalue weighted by molar-refractivity contribution is -0.135. The first-order valence-corrected chi connectivity index (χ1v) is 12.2. The highest BCUT2D eigenvalue weighted by Crippen LogP contribution is 2.42. The summed E-state index contributed by atoms with van der Waals surface area (Å²) in [6.07, 6.45) is 5.90. The molecule has 4 aromatic rings. The van der Waals surface area contributed by atoms with Crippen LogP contribution in [0.15, 0.2) is 47.3 Å². The van der Waals surface area contributed by atoms with Crippen LogP contribution in [0.3, 0.4) is 0 Å². The molecule has 2 aliphatic rings. The molecule has 0 bridgehead atoms. The van der Waals surface area contributed by atoms with Crippen LogP contribution in [-0.4, -0.2) is 55.9 Å². The molecule has 1 aliphatic carbocycles. The third-order valence-corrected chi connectivity index (χ3v) is 7.34. The number of carbonyl (C=O) groups is 1. The second-order valence-electron chi connectivity index (χ2n) is 9.36. The number of hydrogen-bond donors (Lipinski definition) is 2. The molecule has 1 saturated heterocycles. The summed E-state index contributed by atoms with van der Waals surface area (Å²) in [5.74, 6) is 0.630. The SMILES string of the molecule is C[C@]1(C(=O)N[C@@H]2CCOC2)C[C@H](Nc2ncc3c(Br)nn(-c4ccc5ncccc5c4)c3n2)C1. The minimum absolute atomic E-state index is 0.102. The number of ether oxygens (including phenoxy) is 1. The Morgan fingerprint density at radius 3 is 2.94 bits per heavy atom. The minimum atomic E-state index is -0.381. The summed E-state index contributed by atoms with van der Waals surface area (Å²) in [7, 11) is 0. The number of carbonyl (C=O) groups excluding carboxylic acids is 1. The van der Waals surface area contributed by atoms with Gasteiger partial charge in [0.1, 0.15) is 4.60 Å². The molecule has 1 atom stereocenters. The number of benzene rings is 1. The van der Waals surface area contributed by atoms with E-state index >= 15 is 0 Å². The highest BCUT2D eigenvalue weighted by molar-refractivity contribution is 9.10. The number of nitrogens with zero attached hydrogens (tertiary/aromatic N) is 5. The molecular weight excluding hydrogens is 498 g/mol. The average Bonchev–Trinajstić information content (AvgIpc) is 3.45. The van der Waals surface area contributed by atoms with Crippen LogP contribution < -0.4 is 10.6 Å². The molecular formula is C24H24BrN7O2. The summed E-state index contributed by atoms with van der Waals surface area (Å²) in [5.41, 5.74) is 2.14. The highest BCUT2D eigenvalue weighted by atomic mass is 79.9. The topological polar surface area (TPSA) is 107 Å². The predicted molar refractivity (Wildman–Crippen MR) is 132 cm³/mol. The molecule has 0 unspecified atom stereocenters. The zero-order chi connectivity index (χ0) is 23.3. The molecule has 10 heteroatoms. The lowest BCUT2D eigenvalue weighted by Crippen LogP contribution is -2.54. The van der Waals surface area contributed by atoms with Crippen molar-refractivity contribution in [1.29, 1.82) is 0 Å². The molecule has 9 nitrogen and oxygen atoms in total. The Morgan fingerprint density at radius 1 is 1.24 bits per heavy atom. The van der Waals surface area contributed by atoms with Crippen LogP contribution >= 0.6 is 15.9 Å². The van der Waals surface area contributed by atoms with Crippen LogP contribution in [0.1, 0.15) is 26.2 Å². The summed E-state index contributed by atoms with van der Waals surface area (Å²) >= 11 is 3.53. The largest absolute Gasteiger partial charge is 0.379 e. The van der Waals surface area contributed by atoms with E-state index in [1.807, 2.05) is 37.3 Å². The van der Waals surface area contributed by atoms with Crippen molar-refractivity contribution in [2.45, 2.75) is 38.3 Å². The van der Waals surface area contributed by atoms with Crippen LogP contribution in [0, 0.1) is 5.41 Å². The molecule has 1 aliphatic heterocycles. The van der Waals surface area contributed by atoms with Crippen molar-refractivity contribution in [2.75, 3.05) is 18.5 Å². The summed E-state index contributed by atoms with van der Waals surface area (Å²) in [5, 5.41) is 13.0. The fraction of sp³-hybridized carbons (Fsp3) is 0.375. The van der Waals surface area contributed by atoms with Crippen molar-refractivity contribution in [3.05, 3.63) is 47.3 Å². The van der Waals surface area contributed by atoms with E-state index in [1.165, 1.54) is 0 Å². The molecule has 34 heavy (non-hydrogen) atoms. The van der Waals surface area contributed by atoms with Crippen LogP contribution in [0.5, 0.6) is 0 Å². The van der Waals surface area contributed by atoms with Gasteiger partial charge in [0.05, 0.1) is 34.7 Å². The number of hydrogen-bond acceptors (Lipinski definition) is 7. The molecule has 1 aromatic carbocycles. The number of amides is 1. The average molecular weight is 522 g/mol. The van der Waals surface area contributed by atoms with E-state index in [9.17, 15) is 4.79 Å². The number of aromatic nitrogens is 5. The van der Waals surface area contributed by atoms with E-state index in [4.69, 9.17) is 9.72 Å². The van der Waals surface area contributed by atoms with E-state index in [0.717, 1.165) is 41.2 Å². The Hall–Kier alpha value is -3.11. The molecule has 4 heterocycles. The predicted octanol–water partition coefficient (Wildman–Crippen LogP) is 3.61. The van der Waals surface area contributed by atoms with E-state index in [1.54, 1.807) is 17.1 Å². The third-order valence-electron chi connectivity index (χ3n) is 6.75. The van der Waals surface area contributed by atoms with Gasteiger partial charge in [-0.2, -0.15) is 10.1 Å². The molecule has 2 N–H and O–H groups in total. The van der Waals surface area contributed by atoms with Gasteiger partial charge in [-0.05, 0) is 59.5 Å². The zero-order valence-corrected chi connectivity index (χ0v) is 20.2. The Morgan fingerprint density at radius 2 is 2.12 bits per heavy atom.